The molecule has 0 spiro atoms. The minimum atomic E-state index is -0.0180. The average Bonchev–Trinajstić information content (AvgIpc) is 2.82. The molecule has 1 aromatic carbocycles. The normalized spacial score (nSPS) is 10.5. The van der Waals surface area contributed by atoms with E-state index in [0.29, 0.717) is 23.7 Å². The molecular weight excluding hydrogens is 262 g/mol. The molecule has 2 rings (SSSR count). The lowest BCUT2D eigenvalue weighted by Gasteiger charge is -2.20. The van der Waals surface area contributed by atoms with Gasteiger partial charge in [0, 0.05) is 31.4 Å². The van der Waals surface area contributed by atoms with Crippen molar-refractivity contribution in [3.63, 3.8) is 0 Å². The van der Waals surface area contributed by atoms with Crippen LogP contribution in [0.15, 0.2) is 36.7 Å². The molecule has 5 heteroatoms. The summed E-state index contributed by atoms with van der Waals surface area (Å²) in [5.74, 6) is -0.0180. The Kier molecular flexibility index (Phi) is 4.22. The van der Waals surface area contributed by atoms with Crippen molar-refractivity contribution in [2.75, 3.05) is 6.54 Å². The quantitative estimate of drug-likeness (QED) is 0.862. The van der Waals surface area contributed by atoms with Crippen LogP contribution >= 0.6 is 11.6 Å². The van der Waals surface area contributed by atoms with E-state index in [1.54, 1.807) is 29.0 Å². The Hall–Kier alpha value is -1.81. The van der Waals surface area contributed by atoms with Crippen LogP contribution in [0.4, 0.5) is 0 Å². The Morgan fingerprint density at radius 2 is 2.26 bits per heavy atom. The SMILES string of the molecule is CCN(Cc1cccc(Cl)c1)C(=O)c1cnn(C)c1. The van der Waals surface area contributed by atoms with Crippen LogP contribution in [0, 0.1) is 0 Å². The van der Waals surface area contributed by atoms with Crippen molar-refractivity contribution >= 4 is 17.5 Å². The van der Waals surface area contributed by atoms with Gasteiger partial charge < -0.3 is 4.90 Å². The second kappa shape index (κ2) is 5.89. The molecule has 2 aromatic rings. The van der Waals surface area contributed by atoms with Crippen LogP contribution in [-0.4, -0.2) is 27.1 Å². The first-order valence-corrected chi connectivity index (χ1v) is 6.50. The predicted molar refractivity (Wildman–Crippen MR) is 75.1 cm³/mol. The number of carbonyl (C=O) groups excluding carboxylic acids is 1. The fourth-order valence-corrected chi connectivity index (χ4v) is 2.11. The predicted octanol–water partition coefficient (Wildman–Crippen LogP) is 2.74. The molecule has 1 heterocycles. The number of amides is 1. The minimum Gasteiger partial charge on any atom is -0.335 e. The van der Waals surface area contributed by atoms with Gasteiger partial charge in [-0.05, 0) is 24.6 Å². The summed E-state index contributed by atoms with van der Waals surface area (Å²) < 4.78 is 1.63. The molecule has 19 heavy (non-hydrogen) atoms. The third-order valence-electron chi connectivity index (χ3n) is 2.88. The van der Waals surface area contributed by atoms with Crippen LogP contribution in [-0.2, 0) is 13.6 Å². The van der Waals surface area contributed by atoms with E-state index in [1.165, 1.54) is 0 Å². The highest BCUT2D eigenvalue weighted by molar-refractivity contribution is 6.30. The second-order valence-electron chi connectivity index (χ2n) is 4.35. The summed E-state index contributed by atoms with van der Waals surface area (Å²) >= 11 is 5.95. The molecule has 0 aliphatic heterocycles. The van der Waals surface area contributed by atoms with Crippen LogP contribution in [0.3, 0.4) is 0 Å². The van der Waals surface area contributed by atoms with Crippen molar-refractivity contribution in [1.29, 1.82) is 0 Å². The molecule has 1 aromatic heterocycles. The average molecular weight is 278 g/mol. The van der Waals surface area contributed by atoms with Gasteiger partial charge in [-0.3, -0.25) is 9.48 Å². The zero-order valence-corrected chi connectivity index (χ0v) is 11.8. The minimum absolute atomic E-state index is 0.0180. The number of hydrogen-bond acceptors (Lipinski definition) is 2. The molecule has 0 saturated heterocycles. The first-order chi connectivity index (χ1) is 9.10. The maximum Gasteiger partial charge on any atom is 0.257 e. The topological polar surface area (TPSA) is 38.1 Å². The van der Waals surface area contributed by atoms with Crippen molar-refractivity contribution in [3.8, 4) is 0 Å². The van der Waals surface area contributed by atoms with Crippen LogP contribution in [0.1, 0.15) is 22.8 Å². The first kappa shape index (κ1) is 13.6. The number of aryl methyl sites for hydroxylation is 1. The van der Waals surface area contributed by atoms with Gasteiger partial charge in [0.2, 0.25) is 0 Å². The third-order valence-corrected chi connectivity index (χ3v) is 3.12. The van der Waals surface area contributed by atoms with Crippen LogP contribution < -0.4 is 0 Å². The standard InChI is InChI=1S/C14H16ClN3O/c1-3-18(9-11-5-4-6-13(15)7-11)14(19)12-8-16-17(2)10-12/h4-8,10H,3,9H2,1-2H3. The molecule has 0 bridgehead atoms. The lowest BCUT2D eigenvalue weighted by molar-refractivity contribution is 0.0752. The van der Waals surface area contributed by atoms with Crippen molar-refractivity contribution in [1.82, 2.24) is 14.7 Å². The number of hydrogen-bond donors (Lipinski definition) is 0. The lowest BCUT2D eigenvalue weighted by atomic mass is 10.2. The van der Waals surface area contributed by atoms with Gasteiger partial charge in [-0.25, -0.2) is 0 Å². The van der Waals surface area contributed by atoms with Crippen molar-refractivity contribution in [2.45, 2.75) is 13.5 Å². The summed E-state index contributed by atoms with van der Waals surface area (Å²) in [6.45, 7) is 3.14. The molecular formula is C14H16ClN3O. The largest absolute Gasteiger partial charge is 0.335 e. The fourth-order valence-electron chi connectivity index (χ4n) is 1.90. The highest BCUT2D eigenvalue weighted by atomic mass is 35.5. The van der Waals surface area contributed by atoms with Crippen LogP contribution in [0.5, 0.6) is 0 Å². The van der Waals surface area contributed by atoms with E-state index < -0.39 is 0 Å². The van der Waals surface area contributed by atoms with Crippen molar-refractivity contribution in [2.24, 2.45) is 7.05 Å². The summed E-state index contributed by atoms with van der Waals surface area (Å²) in [5.41, 5.74) is 1.62. The third kappa shape index (κ3) is 3.35. The summed E-state index contributed by atoms with van der Waals surface area (Å²) in [7, 11) is 1.80. The molecule has 0 radical (unpaired) electrons. The molecule has 0 saturated carbocycles. The Morgan fingerprint density at radius 3 is 2.84 bits per heavy atom. The van der Waals surface area contributed by atoms with Gasteiger partial charge in [0.25, 0.3) is 5.91 Å². The summed E-state index contributed by atoms with van der Waals surface area (Å²) in [4.78, 5) is 14.1. The van der Waals surface area contributed by atoms with E-state index in [-0.39, 0.29) is 5.91 Å². The van der Waals surface area contributed by atoms with Gasteiger partial charge in [0.05, 0.1) is 11.8 Å². The van der Waals surface area contributed by atoms with Crippen LogP contribution in [0.25, 0.3) is 0 Å². The highest BCUT2D eigenvalue weighted by Gasteiger charge is 2.16. The Balaban J connectivity index is 2.14. The molecule has 1 amide bonds. The number of nitrogens with zero attached hydrogens (tertiary/aromatic N) is 3. The monoisotopic (exact) mass is 277 g/mol. The maximum absolute atomic E-state index is 12.3. The zero-order valence-electron chi connectivity index (χ0n) is 11.0. The van der Waals surface area contributed by atoms with Crippen molar-refractivity contribution in [3.05, 3.63) is 52.8 Å². The van der Waals surface area contributed by atoms with Crippen molar-refractivity contribution < 1.29 is 4.79 Å². The zero-order chi connectivity index (χ0) is 13.8. The molecule has 0 aliphatic rings. The highest BCUT2D eigenvalue weighted by Crippen LogP contribution is 2.14. The molecule has 0 unspecified atom stereocenters. The van der Waals surface area contributed by atoms with E-state index >= 15 is 0 Å². The van der Waals surface area contributed by atoms with Crippen LogP contribution in [0.2, 0.25) is 5.02 Å². The fraction of sp³-hybridized carbons (Fsp3) is 0.286. The number of halogens is 1. The van der Waals surface area contributed by atoms with E-state index in [0.717, 1.165) is 5.56 Å². The second-order valence-corrected chi connectivity index (χ2v) is 4.79. The van der Waals surface area contributed by atoms with E-state index in [4.69, 9.17) is 11.6 Å². The van der Waals surface area contributed by atoms with E-state index in [2.05, 4.69) is 5.10 Å². The Morgan fingerprint density at radius 1 is 1.47 bits per heavy atom. The smallest absolute Gasteiger partial charge is 0.257 e. The molecule has 100 valence electrons. The number of rotatable bonds is 4. The summed E-state index contributed by atoms with van der Waals surface area (Å²) in [6, 6.07) is 7.55. The van der Waals surface area contributed by atoms with Gasteiger partial charge >= 0.3 is 0 Å². The molecule has 0 N–H and O–H groups in total. The number of benzene rings is 1. The number of aromatic nitrogens is 2. The first-order valence-electron chi connectivity index (χ1n) is 6.12. The van der Waals surface area contributed by atoms with E-state index in [9.17, 15) is 4.79 Å². The molecule has 4 nitrogen and oxygen atoms in total. The maximum atomic E-state index is 12.3. The van der Waals surface area contributed by atoms with Gasteiger partial charge in [0.1, 0.15) is 0 Å². The number of carbonyl (C=O) groups is 1. The molecule has 0 aliphatic carbocycles. The van der Waals surface area contributed by atoms with Gasteiger partial charge in [0.15, 0.2) is 0 Å². The van der Waals surface area contributed by atoms with Gasteiger partial charge in [-0.1, -0.05) is 23.7 Å². The summed E-state index contributed by atoms with van der Waals surface area (Å²) in [5, 5.41) is 4.71. The lowest BCUT2D eigenvalue weighted by Crippen LogP contribution is -2.30. The van der Waals surface area contributed by atoms with E-state index in [1.807, 2.05) is 31.2 Å². The van der Waals surface area contributed by atoms with Gasteiger partial charge in [-0.15, -0.1) is 0 Å². The molecule has 0 fully saturated rings. The molecule has 0 atom stereocenters. The Bertz CT molecular complexity index is 580. The van der Waals surface area contributed by atoms with Gasteiger partial charge in [-0.2, -0.15) is 5.10 Å². The summed E-state index contributed by atoms with van der Waals surface area (Å²) in [6.07, 6.45) is 3.31. The Labute approximate surface area is 117 Å².